The number of rotatable bonds is 2. The molecule has 2 N–H and O–H groups in total. The fourth-order valence-electron chi connectivity index (χ4n) is 4.04. The highest BCUT2D eigenvalue weighted by Gasteiger charge is 2.42. The standard InChI is InChI=1S/C15H25N3O2/c1-15(2)14(20)16-5-6-18(15)13(19)9-10-7-11-3-4-12(8-10)17-11/h10-12,17H,3-9H2,1-2H3,(H,16,20). The van der Waals surface area contributed by atoms with Crippen LogP contribution in [0.1, 0.15) is 46.0 Å². The van der Waals surface area contributed by atoms with E-state index in [-0.39, 0.29) is 11.8 Å². The second kappa shape index (κ2) is 5.02. The summed E-state index contributed by atoms with van der Waals surface area (Å²) >= 11 is 0. The van der Waals surface area contributed by atoms with Crippen LogP contribution in [0.2, 0.25) is 0 Å². The molecule has 2 bridgehead atoms. The van der Waals surface area contributed by atoms with Crippen LogP contribution >= 0.6 is 0 Å². The molecule has 20 heavy (non-hydrogen) atoms. The lowest BCUT2D eigenvalue weighted by Crippen LogP contribution is -2.63. The van der Waals surface area contributed by atoms with E-state index >= 15 is 0 Å². The Hall–Kier alpha value is -1.10. The van der Waals surface area contributed by atoms with Gasteiger partial charge in [0.1, 0.15) is 5.54 Å². The van der Waals surface area contributed by atoms with Crippen molar-refractivity contribution in [3.63, 3.8) is 0 Å². The third-order valence-electron chi connectivity index (χ3n) is 5.19. The van der Waals surface area contributed by atoms with Crippen LogP contribution in [-0.4, -0.2) is 47.4 Å². The van der Waals surface area contributed by atoms with Crippen molar-refractivity contribution in [1.29, 1.82) is 0 Å². The van der Waals surface area contributed by atoms with Crippen LogP contribution < -0.4 is 10.6 Å². The van der Waals surface area contributed by atoms with E-state index in [1.165, 1.54) is 12.8 Å². The smallest absolute Gasteiger partial charge is 0.245 e. The fraction of sp³-hybridized carbons (Fsp3) is 0.867. The summed E-state index contributed by atoms with van der Waals surface area (Å²) in [5.74, 6) is 0.598. The number of nitrogens with one attached hydrogen (secondary N) is 2. The highest BCUT2D eigenvalue weighted by molar-refractivity contribution is 5.91. The minimum Gasteiger partial charge on any atom is -0.352 e. The Balaban J connectivity index is 1.62. The number of nitrogens with zero attached hydrogens (tertiary/aromatic N) is 1. The van der Waals surface area contributed by atoms with Gasteiger partial charge >= 0.3 is 0 Å². The van der Waals surface area contributed by atoms with Gasteiger partial charge in [0.25, 0.3) is 0 Å². The third-order valence-corrected chi connectivity index (χ3v) is 5.19. The number of amides is 2. The summed E-state index contributed by atoms with van der Waals surface area (Å²) in [5, 5.41) is 6.45. The molecule has 0 aliphatic carbocycles. The van der Waals surface area contributed by atoms with Gasteiger partial charge in [0.05, 0.1) is 0 Å². The molecule has 2 unspecified atom stereocenters. The minimum absolute atomic E-state index is 0.0394. The largest absolute Gasteiger partial charge is 0.352 e. The van der Waals surface area contributed by atoms with Gasteiger partial charge in [0.15, 0.2) is 0 Å². The topological polar surface area (TPSA) is 61.4 Å². The average molecular weight is 279 g/mol. The van der Waals surface area contributed by atoms with E-state index in [9.17, 15) is 9.59 Å². The maximum absolute atomic E-state index is 12.6. The van der Waals surface area contributed by atoms with Crippen LogP contribution in [0.25, 0.3) is 0 Å². The number of piperazine rings is 1. The van der Waals surface area contributed by atoms with Crippen molar-refractivity contribution >= 4 is 11.8 Å². The number of piperidine rings is 1. The van der Waals surface area contributed by atoms with Gasteiger partial charge in [-0.25, -0.2) is 0 Å². The van der Waals surface area contributed by atoms with Crippen molar-refractivity contribution < 1.29 is 9.59 Å². The Kier molecular flexibility index (Phi) is 3.48. The van der Waals surface area contributed by atoms with Crippen molar-refractivity contribution in [1.82, 2.24) is 15.5 Å². The molecule has 0 aromatic heterocycles. The Labute approximate surface area is 120 Å². The molecule has 3 aliphatic heterocycles. The second-order valence-corrected chi connectivity index (χ2v) is 7.04. The molecule has 3 heterocycles. The molecule has 0 spiro atoms. The highest BCUT2D eigenvalue weighted by atomic mass is 16.2. The monoisotopic (exact) mass is 279 g/mol. The van der Waals surface area contributed by atoms with Gasteiger partial charge in [-0.05, 0) is 45.4 Å². The Bertz CT molecular complexity index is 409. The van der Waals surface area contributed by atoms with Crippen molar-refractivity contribution in [3.05, 3.63) is 0 Å². The van der Waals surface area contributed by atoms with E-state index in [1.807, 2.05) is 13.8 Å². The van der Waals surface area contributed by atoms with Crippen molar-refractivity contribution in [2.45, 2.75) is 63.6 Å². The van der Waals surface area contributed by atoms with E-state index < -0.39 is 5.54 Å². The van der Waals surface area contributed by atoms with Crippen LogP contribution in [0.4, 0.5) is 0 Å². The number of fused-ring (bicyclic) bond motifs is 2. The lowest BCUT2D eigenvalue weighted by atomic mass is 9.88. The highest BCUT2D eigenvalue weighted by Crippen LogP contribution is 2.33. The van der Waals surface area contributed by atoms with Crippen molar-refractivity contribution in [3.8, 4) is 0 Å². The van der Waals surface area contributed by atoms with Gasteiger partial charge in [-0.2, -0.15) is 0 Å². The molecule has 0 aromatic rings. The van der Waals surface area contributed by atoms with Gasteiger partial charge in [-0.3, -0.25) is 9.59 Å². The fourth-order valence-corrected chi connectivity index (χ4v) is 4.04. The van der Waals surface area contributed by atoms with Gasteiger partial charge < -0.3 is 15.5 Å². The molecule has 3 aliphatic rings. The normalized spacial score (nSPS) is 35.8. The van der Waals surface area contributed by atoms with E-state index in [1.54, 1.807) is 4.90 Å². The molecule has 0 saturated carbocycles. The number of hydrogen-bond acceptors (Lipinski definition) is 3. The SMILES string of the molecule is CC1(C)C(=O)NCCN1C(=O)CC1CC2CCC(C1)N2. The zero-order valence-corrected chi connectivity index (χ0v) is 12.4. The van der Waals surface area contributed by atoms with Crippen LogP contribution in [0, 0.1) is 5.92 Å². The summed E-state index contributed by atoms with van der Waals surface area (Å²) in [6.45, 7) is 4.89. The minimum atomic E-state index is -0.707. The Morgan fingerprint density at radius 1 is 1.30 bits per heavy atom. The second-order valence-electron chi connectivity index (χ2n) is 7.04. The first-order valence-corrected chi connectivity index (χ1v) is 7.81. The molecule has 3 rings (SSSR count). The molecule has 112 valence electrons. The summed E-state index contributed by atoms with van der Waals surface area (Å²) in [6, 6.07) is 1.23. The number of carbonyl (C=O) groups is 2. The van der Waals surface area contributed by atoms with Crippen LogP contribution in [0.3, 0.4) is 0 Å². The number of carbonyl (C=O) groups excluding carboxylic acids is 2. The molecule has 2 amide bonds. The molecular weight excluding hydrogens is 254 g/mol. The maximum atomic E-state index is 12.6. The van der Waals surface area contributed by atoms with E-state index in [2.05, 4.69) is 10.6 Å². The summed E-state index contributed by atoms with van der Waals surface area (Å²) in [4.78, 5) is 26.3. The Morgan fingerprint density at radius 2 is 1.95 bits per heavy atom. The first-order chi connectivity index (χ1) is 9.46. The van der Waals surface area contributed by atoms with Gasteiger partial charge in [0, 0.05) is 31.6 Å². The maximum Gasteiger partial charge on any atom is 0.245 e. The predicted octanol–water partition coefficient (Wildman–Crippen LogP) is 0.644. The van der Waals surface area contributed by atoms with Gasteiger partial charge in [-0.15, -0.1) is 0 Å². The molecule has 3 fully saturated rings. The van der Waals surface area contributed by atoms with Crippen molar-refractivity contribution in [2.75, 3.05) is 13.1 Å². The van der Waals surface area contributed by atoms with Gasteiger partial charge in [-0.1, -0.05) is 0 Å². The average Bonchev–Trinajstić information content (AvgIpc) is 2.72. The zero-order chi connectivity index (χ0) is 14.3. The molecule has 0 radical (unpaired) electrons. The predicted molar refractivity (Wildman–Crippen MR) is 76.1 cm³/mol. The Morgan fingerprint density at radius 3 is 2.60 bits per heavy atom. The third kappa shape index (κ3) is 2.43. The lowest BCUT2D eigenvalue weighted by molar-refractivity contribution is -0.150. The summed E-state index contributed by atoms with van der Waals surface area (Å²) < 4.78 is 0. The molecule has 3 saturated heterocycles. The van der Waals surface area contributed by atoms with E-state index in [4.69, 9.17) is 0 Å². The first kappa shape index (κ1) is 13.9. The molecule has 2 atom stereocenters. The van der Waals surface area contributed by atoms with E-state index in [0.29, 0.717) is 37.5 Å². The van der Waals surface area contributed by atoms with Gasteiger partial charge in [0.2, 0.25) is 11.8 Å². The van der Waals surface area contributed by atoms with E-state index in [0.717, 1.165) is 12.8 Å². The zero-order valence-electron chi connectivity index (χ0n) is 12.4. The van der Waals surface area contributed by atoms with Crippen LogP contribution in [-0.2, 0) is 9.59 Å². The molecule has 0 aromatic carbocycles. The summed E-state index contributed by atoms with van der Waals surface area (Å²) in [7, 11) is 0. The van der Waals surface area contributed by atoms with Crippen LogP contribution in [0.15, 0.2) is 0 Å². The number of hydrogen-bond donors (Lipinski definition) is 2. The quantitative estimate of drug-likeness (QED) is 0.780. The molecule has 5 heteroatoms. The van der Waals surface area contributed by atoms with Crippen LogP contribution in [0.5, 0.6) is 0 Å². The summed E-state index contributed by atoms with van der Waals surface area (Å²) in [5.41, 5.74) is -0.707. The first-order valence-electron chi connectivity index (χ1n) is 7.81. The summed E-state index contributed by atoms with van der Waals surface area (Å²) in [6.07, 6.45) is 5.34. The molecule has 5 nitrogen and oxygen atoms in total. The lowest BCUT2D eigenvalue weighted by Gasteiger charge is -2.42. The van der Waals surface area contributed by atoms with Crippen molar-refractivity contribution in [2.24, 2.45) is 5.92 Å². The molecular formula is C15H25N3O2.